The fourth-order valence-electron chi connectivity index (χ4n) is 6.49. The number of benzene rings is 7. The molecule has 8 rings (SSSR count). The van der Waals surface area contributed by atoms with Crippen LogP contribution in [-0.4, -0.2) is 4.57 Å². The molecule has 0 fully saturated rings. The Hall–Kier alpha value is -5.66. The van der Waals surface area contributed by atoms with Gasteiger partial charge in [-0.1, -0.05) is 151 Å². The normalized spacial score (nSPS) is 10.9. The molecule has 8 aromatic rings. The summed E-state index contributed by atoms with van der Waals surface area (Å²) in [6.45, 7) is 6.60. The molecule has 0 amide bonds. The quantitative estimate of drug-likeness (QED) is 0.192. The maximum absolute atomic E-state index is 2.46. The second kappa shape index (κ2) is 12.8. The largest absolute Gasteiger partial charge is 0.309 e. The van der Waals surface area contributed by atoms with Gasteiger partial charge in [-0.25, -0.2) is 0 Å². The number of aryl methyl sites for hydroxylation is 3. The van der Waals surface area contributed by atoms with E-state index in [0.29, 0.717) is 0 Å². The zero-order valence-electron chi connectivity index (χ0n) is 26.6. The number of hydrogen-bond acceptors (Lipinski definition) is 0. The van der Waals surface area contributed by atoms with E-state index in [9.17, 15) is 0 Å². The first-order valence-electron chi connectivity index (χ1n) is 16.0. The van der Waals surface area contributed by atoms with Crippen molar-refractivity contribution in [2.24, 2.45) is 0 Å². The van der Waals surface area contributed by atoms with Crippen molar-refractivity contribution in [1.82, 2.24) is 4.57 Å². The molecule has 0 saturated heterocycles. The highest BCUT2D eigenvalue weighted by Crippen LogP contribution is 2.42. The molecule has 1 heterocycles. The summed E-state index contributed by atoms with van der Waals surface area (Å²) in [6.07, 6.45) is 0. The van der Waals surface area contributed by atoms with Crippen LogP contribution in [0.4, 0.5) is 0 Å². The van der Waals surface area contributed by atoms with Crippen LogP contribution in [0, 0.1) is 20.8 Å². The number of fused-ring (bicyclic) bond motifs is 2. The maximum Gasteiger partial charge on any atom is 0.0579 e. The molecule has 1 nitrogen and oxygen atoms in total. The van der Waals surface area contributed by atoms with Gasteiger partial charge in [0.15, 0.2) is 0 Å². The molecule has 0 aliphatic rings. The van der Waals surface area contributed by atoms with E-state index in [2.05, 4.69) is 177 Å². The molecule has 0 saturated carbocycles. The summed E-state index contributed by atoms with van der Waals surface area (Å²) in [7, 11) is 0. The molecule has 222 valence electrons. The van der Waals surface area contributed by atoms with Crippen LogP contribution in [0.15, 0.2) is 170 Å². The van der Waals surface area contributed by atoms with E-state index in [1.165, 1.54) is 77.6 Å². The summed E-state index contributed by atoms with van der Waals surface area (Å²) in [5.41, 5.74) is 13.8. The molecule has 0 aliphatic carbocycles. The van der Waals surface area contributed by atoms with Crippen LogP contribution in [0.5, 0.6) is 0 Å². The SMILES string of the molecule is Cc1ccc2ccccc2c1-c1c(C)c2cc(-c3ccccc3)ccc2n1-c1ccc(-c2ccccc2)cc1.Cc1ccccc1. The summed E-state index contributed by atoms with van der Waals surface area (Å²) in [6, 6.07) is 60.7. The third kappa shape index (κ3) is 5.64. The van der Waals surface area contributed by atoms with Crippen molar-refractivity contribution in [3.63, 3.8) is 0 Å². The van der Waals surface area contributed by atoms with Crippen LogP contribution < -0.4 is 0 Å². The average molecular weight is 592 g/mol. The van der Waals surface area contributed by atoms with Crippen LogP contribution in [0.2, 0.25) is 0 Å². The Bertz CT molecular complexity index is 2240. The van der Waals surface area contributed by atoms with Crippen LogP contribution in [0.1, 0.15) is 16.7 Å². The lowest BCUT2D eigenvalue weighted by molar-refractivity contribution is 1.12. The van der Waals surface area contributed by atoms with Crippen molar-refractivity contribution >= 4 is 21.7 Å². The van der Waals surface area contributed by atoms with Crippen molar-refractivity contribution in [1.29, 1.82) is 0 Å². The Morgan fingerprint density at radius 3 is 1.59 bits per heavy atom. The Balaban J connectivity index is 0.000000430. The van der Waals surface area contributed by atoms with Crippen LogP contribution in [0.3, 0.4) is 0 Å². The summed E-state index contributed by atoms with van der Waals surface area (Å²) in [5.74, 6) is 0. The minimum Gasteiger partial charge on any atom is -0.309 e. The molecule has 0 spiro atoms. The molecule has 0 atom stereocenters. The van der Waals surface area contributed by atoms with Gasteiger partial charge in [0.25, 0.3) is 0 Å². The number of nitrogens with zero attached hydrogens (tertiary/aromatic N) is 1. The monoisotopic (exact) mass is 591 g/mol. The van der Waals surface area contributed by atoms with Crippen molar-refractivity contribution in [2.75, 3.05) is 0 Å². The minimum atomic E-state index is 1.17. The van der Waals surface area contributed by atoms with Gasteiger partial charge in [0.2, 0.25) is 0 Å². The van der Waals surface area contributed by atoms with E-state index < -0.39 is 0 Å². The van der Waals surface area contributed by atoms with Crippen molar-refractivity contribution in [3.8, 4) is 39.2 Å². The van der Waals surface area contributed by atoms with Gasteiger partial charge in [0.1, 0.15) is 0 Å². The lowest BCUT2D eigenvalue weighted by atomic mass is 9.94. The summed E-state index contributed by atoms with van der Waals surface area (Å²) < 4.78 is 2.46. The van der Waals surface area contributed by atoms with Crippen molar-refractivity contribution in [2.45, 2.75) is 20.8 Å². The molecule has 0 unspecified atom stereocenters. The molecular weight excluding hydrogens is 555 g/mol. The Morgan fingerprint density at radius 2 is 0.957 bits per heavy atom. The molecule has 46 heavy (non-hydrogen) atoms. The smallest absolute Gasteiger partial charge is 0.0579 e. The van der Waals surface area contributed by atoms with E-state index in [0.717, 1.165) is 0 Å². The zero-order chi connectivity index (χ0) is 31.5. The van der Waals surface area contributed by atoms with E-state index in [1.54, 1.807) is 0 Å². The van der Waals surface area contributed by atoms with Gasteiger partial charge in [-0.15, -0.1) is 0 Å². The van der Waals surface area contributed by atoms with Crippen LogP contribution in [0.25, 0.3) is 60.9 Å². The molecule has 0 aliphatic heterocycles. The predicted octanol–water partition coefficient (Wildman–Crippen LogP) is 12.4. The van der Waals surface area contributed by atoms with Crippen molar-refractivity contribution < 1.29 is 0 Å². The molecule has 0 radical (unpaired) electrons. The maximum atomic E-state index is 2.46. The van der Waals surface area contributed by atoms with Gasteiger partial charge >= 0.3 is 0 Å². The lowest BCUT2D eigenvalue weighted by Crippen LogP contribution is -1.99. The van der Waals surface area contributed by atoms with Crippen molar-refractivity contribution in [3.05, 3.63) is 187 Å². The zero-order valence-corrected chi connectivity index (χ0v) is 26.6. The highest BCUT2D eigenvalue weighted by molar-refractivity contribution is 6.04. The second-order valence-electron chi connectivity index (χ2n) is 12.0. The highest BCUT2D eigenvalue weighted by Gasteiger charge is 2.21. The number of aromatic nitrogens is 1. The highest BCUT2D eigenvalue weighted by atomic mass is 15.0. The first kappa shape index (κ1) is 29.1. The molecule has 1 aromatic heterocycles. The Labute approximate surface area is 272 Å². The van der Waals surface area contributed by atoms with Gasteiger partial charge in [0, 0.05) is 16.6 Å². The second-order valence-corrected chi connectivity index (χ2v) is 12.0. The van der Waals surface area contributed by atoms with E-state index in [4.69, 9.17) is 0 Å². The molecule has 7 aromatic carbocycles. The van der Waals surface area contributed by atoms with Gasteiger partial charge < -0.3 is 4.57 Å². The first-order valence-corrected chi connectivity index (χ1v) is 16.0. The van der Waals surface area contributed by atoms with Crippen LogP contribution in [-0.2, 0) is 0 Å². The topological polar surface area (TPSA) is 4.93 Å². The summed E-state index contributed by atoms with van der Waals surface area (Å²) in [5, 5.41) is 3.83. The molecule has 1 heteroatoms. The average Bonchev–Trinajstić information content (AvgIpc) is 3.40. The first-order chi connectivity index (χ1) is 22.6. The Morgan fingerprint density at radius 1 is 0.413 bits per heavy atom. The predicted molar refractivity (Wildman–Crippen MR) is 198 cm³/mol. The standard InChI is InChI=1S/C38H29N.C7H8/c1-26-17-18-31-15-9-10-16-34(31)37(26)38-27(2)35-25-32(29-13-7-4-8-14-29)21-24-36(35)39(38)33-22-19-30(20-23-33)28-11-5-3-6-12-28;1-7-5-3-2-4-6-7/h3-25H,1-2H3;2-6H,1H3. The van der Waals surface area contributed by atoms with E-state index >= 15 is 0 Å². The number of hydrogen-bond donors (Lipinski definition) is 0. The third-order valence-electron chi connectivity index (χ3n) is 8.87. The van der Waals surface area contributed by atoms with E-state index in [-0.39, 0.29) is 0 Å². The molecule has 0 N–H and O–H groups in total. The lowest BCUT2D eigenvalue weighted by Gasteiger charge is -2.17. The van der Waals surface area contributed by atoms with E-state index in [1.807, 2.05) is 18.2 Å². The van der Waals surface area contributed by atoms with Gasteiger partial charge in [-0.05, 0) is 89.2 Å². The molecule has 0 bridgehead atoms. The third-order valence-corrected chi connectivity index (χ3v) is 8.87. The Kier molecular flexibility index (Phi) is 8.06. The minimum absolute atomic E-state index is 1.17. The fraction of sp³-hybridized carbons (Fsp3) is 0.0667. The van der Waals surface area contributed by atoms with Gasteiger partial charge in [-0.3, -0.25) is 0 Å². The summed E-state index contributed by atoms with van der Waals surface area (Å²) in [4.78, 5) is 0. The summed E-state index contributed by atoms with van der Waals surface area (Å²) >= 11 is 0. The number of rotatable bonds is 4. The van der Waals surface area contributed by atoms with Gasteiger partial charge in [-0.2, -0.15) is 0 Å². The van der Waals surface area contributed by atoms with Gasteiger partial charge in [0.05, 0.1) is 11.2 Å². The fourth-order valence-corrected chi connectivity index (χ4v) is 6.49. The van der Waals surface area contributed by atoms with Crippen LogP contribution >= 0.6 is 0 Å². The molecular formula is C45H37N.